The second kappa shape index (κ2) is 16.7. The Kier molecular flexibility index (Phi) is 14.5. The lowest BCUT2D eigenvalue weighted by atomic mass is 10.1. The normalized spacial score (nSPS) is 11.7. The van der Waals surface area contributed by atoms with Crippen molar-refractivity contribution in [2.24, 2.45) is 4.99 Å². The molecule has 0 aliphatic heterocycles. The van der Waals surface area contributed by atoms with E-state index in [2.05, 4.69) is 30.7 Å². The molecule has 0 atom stereocenters. The van der Waals surface area contributed by atoms with Crippen LogP contribution in [0.3, 0.4) is 0 Å². The largest absolute Gasteiger partial charge is 0.493 e. The van der Waals surface area contributed by atoms with Crippen LogP contribution in [0.4, 0.5) is 10.1 Å². The summed E-state index contributed by atoms with van der Waals surface area (Å²) < 4.78 is 25.4. The molecule has 0 aliphatic carbocycles. The molecule has 0 heterocycles. The topological polar surface area (TPSA) is 80.2 Å². The Morgan fingerprint density at radius 3 is 2.36 bits per heavy atom. The van der Waals surface area contributed by atoms with E-state index in [4.69, 9.17) is 26.2 Å². The van der Waals surface area contributed by atoms with Crippen molar-refractivity contribution in [3.63, 3.8) is 0 Å². The number of nitrogens with one attached hydrogen (secondary N) is 1. The molecule has 0 amide bonds. The number of carbonyl (C=O) groups excluding carboxylic acids is 1. The summed E-state index contributed by atoms with van der Waals surface area (Å²) in [5.74, 6) is 1.40. The fourth-order valence-corrected chi connectivity index (χ4v) is 3.51. The number of carbonyl (C=O) groups is 1. The van der Waals surface area contributed by atoms with Gasteiger partial charge >= 0.3 is 0 Å². The maximum absolute atomic E-state index is 13.5. The summed E-state index contributed by atoms with van der Waals surface area (Å²) in [5.41, 5.74) is 0.620. The molecule has 0 saturated heterocycles. The highest BCUT2D eigenvalue weighted by Gasteiger charge is 2.14. The summed E-state index contributed by atoms with van der Waals surface area (Å²) in [6.45, 7) is 11.7. The van der Waals surface area contributed by atoms with Gasteiger partial charge in [-0.25, -0.2) is 9.38 Å². The quantitative estimate of drug-likeness (QED) is 0.363. The lowest BCUT2D eigenvalue weighted by Gasteiger charge is -2.20. The van der Waals surface area contributed by atoms with Crippen LogP contribution in [-0.2, 0) is 4.79 Å². The molecule has 2 aromatic carbocycles. The fraction of sp³-hybridized carbons (Fsp3) is 0.429. The zero-order valence-corrected chi connectivity index (χ0v) is 22.6. The van der Waals surface area contributed by atoms with E-state index in [0.717, 1.165) is 36.1 Å². The molecular formula is C28H38ClFN2O4. The van der Waals surface area contributed by atoms with E-state index in [1.54, 1.807) is 19.4 Å². The molecule has 0 saturated carbocycles. The number of Topliss-reactive ketones (excluding diaryl/α,β-unsaturated/α-hetero) is 1. The van der Waals surface area contributed by atoms with Crippen LogP contribution in [0.5, 0.6) is 11.5 Å². The number of methoxy groups -OCH3 is 1. The minimum absolute atomic E-state index is 0.0185. The number of ether oxygens (including phenoxy) is 2. The van der Waals surface area contributed by atoms with Gasteiger partial charge in [0.1, 0.15) is 17.4 Å². The molecule has 0 aliphatic rings. The van der Waals surface area contributed by atoms with Crippen molar-refractivity contribution in [3.05, 3.63) is 51.6 Å². The van der Waals surface area contributed by atoms with Crippen molar-refractivity contribution in [2.75, 3.05) is 19.0 Å². The van der Waals surface area contributed by atoms with Crippen LogP contribution < -0.4 is 25.2 Å². The Balaban J connectivity index is 0.000000960. The molecular weight excluding hydrogens is 483 g/mol. The molecule has 0 fully saturated rings. The third-order valence-electron chi connectivity index (χ3n) is 5.06. The van der Waals surface area contributed by atoms with E-state index in [9.17, 15) is 9.18 Å². The molecule has 2 aromatic rings. The minimum atomic E-state index is -0.473. The number of hydrogen-bond acceptors (Lipinski definition) is 6. The predicted octanol–water partition coefficient (Wildman–Crippen LogP) is 5.47. The van der Waals surface area contributed by atoms with E-state index in [0.29, 0.717) is 29.4 Å². The van der Waals surface area contributed by atoms with Gasteiger partial charge in [-0.2, -0.15) is 0 Å². The highest BCUT2D eigenvalue weighted by Crippen LogP contribution is 2.27. The lowest BCUT2D eigenvalue weighted by Crippen LogP contribution is -2.29. The van der Waals surface area contributed by atoms with Crippen LogP contribution in [0, 0.1) is 5.82 Å². The Labute approximate surface area is 218 Å². The van der Waals surface area contributed by atoms with Gasteiger partial charge in [-0.05, 0) is 62.2 Å². The highest BCUT2D eigenvalue weighted by molar-refractivity contribution is 6.31. The van der Waals surface area contributed by atoms with Crippen molar-refractivity contribution in [1.29, 1.82) is 0 Å². The monoisotopic (exact) mass is 520 g/mol. The first kappa shape index (κ1) is 31.1. The van der Waals surface area contributed by atoms with Crippen molar-refractivity contribution < 1.29 is 23.8 Å². The molecule has 8 heteroatoms. The van der Waals surface area contributed by atoms with Gasteiger partial charge in [-0.15, -0.1) is 0 Å². The van der Waals surface area contributed by atoms with E-state index in [-0.39, 0.29) is 23.5 Å². The fourth-order valence-electron chi connectivity index (χ4n) is 3.33. The average molecular weight is 521 g/mol. The minimum Gasteiger partial charge on any atom is -0.493 e. The van der Waals surface area contributed by atoms with Crippen LogP contribution in [0.1, 0.15) is 59.8 Å². The van der Waals surface area contributed by atoms with Crippen LogP contribution >= 0.6 is 11.6 Å². The summed E-state index contributed by atoms with van der Waals surface area (Å²) in [4.78, 5) is 14.3. The first-order valence-corrected chi connectivity index (χ1v) is 12.5. The van der Waals surface area contributed by atoms with Gasteiger partial charge in [0.05, 0.1) is 18.2 Å². The van der Waals surface area contributed by atoms with Crippen LogP contribution in [0.2, 0.25) is 5.02 Å². The van der Waals surface area contributed by atoms with Crippen LogP contribution in [0.25, 0.3) is 12.4 Å². The number of aliphatic hydroxyl groups is 1. The molecule has 0 unspecified atom stereocenters. The molecule has 6 nitrogen and oxygen atoms in total. The number of ketones is 1. The Hall–Kier alpha value is -2.90. The van der Waals surface area contributed by atoms with E-state index >= 15 is 0 Å². The van der Waals surface area contributed by atoms with Crippen molar-refractivity contribution in [2.45, 2.75) is 65.9 Å². The van der Waals surface area contributed by atoms with Crippen LogP contribution in [-0.4, -0.2) is 36.9 Å². The Morgan fingerprint density at radius 2 is 1.89 bits per heavy atom. The van der Waals surface area contributed by atoms with Gasteiger partial charge in [-0.3, -0.25) is 4.79 Å². The molecule has 2 rings (SSSR count). The maximum atomic E-state index is 13.5. The first-order chi connectivity index (χ1) is 17.2. The number of hydrogen-bond donors (Lipinski definition) is 2. The number of benzene rings is 2. The van der Waals surface area contributed by atoms with Crippen molar-refractivity contribution in [3.8, 4) is 11.5 Å². The second-order valence-corrected chi connectivity index (χ2v) is 8.55. The van der Waals surface area contributed by atoms with Crippen molar-refractivity contribution in [1.82, 2.24) is 0 Å². The van der Waals surface area contributed by atoms with E-state index < -0.39 is 5.82 Å². The number of anilines is 1. The maximum Gasteiger partial charge on any atom is 0.162 e. The summed E-state index contributed by atoms with van der Waals surface area (Å²) in [6, 6.07) is 8.16. The van der Waals surface area contributed by atoms with Gasteiger partial charge in [0, 0.05) is 30.1 Å². The third-order valence-corrected chi connectivity index (χ3v) is 5.35. The lowest BCUT2D eigenvalue weighted by molar-refractivity contribution is -0.117. The molecule has 198 valence electrons. The molecule has 0 aromatic heterocycles. The summed E-state index contributed by atoms with van der Waals surface area (Å²) in [5, 5.41) is 12.7. The van der Waals surface area contributed by atoms with Crippen molar-refractivity contribution >= 4 is 41.7 Å². The van der Waals surface area contributed by atoms with Gasteiger partial charge in [0.2, 0.25) is 0 Å². The highest BCUT2D eigenvalue weighted by atomic mass is 35.5. The third kappa shape index (κ3) is 10.4. The number of aliphatic hydroxyl groups excluding tert-OH is 1. The van der Waals surface area contributed by atoms with Crippen LogP contribution in [0.15, 0.2) is 35.3 Å². The number of nitrogens with zero attached hydrogens (tertiary/aromatic N) is 1. The van der Waals surface area contributed by atoms with Gasteiger partial charge in [0.25, 0.3) is 0 Å². The summed E-state index contributed by atoms with van der Waals surface area (Å²) in [6.07, 6.45) is 6.09. The zero-order valence-electron chi connectivity index (χ0n) is 21.9. The summed E-state index contributed by atoms with van der Waals surface area (Å²) in [7, 11) is 1.61. The molecule has 36 heavy (non-hydrogen) atoms. The molecule has 0 spiro atoms. The first-order valence-electron chi connectivity index (χ1n) is 12.1. The smallest absolute Gasteiger partial charge is 0.162 e. The van der Waals surface area contributed by atoms with Gasteiger partial charge in [-0.1, -0.05) is 44.9 Å². The second-order valence-electron chi connectivity index (χ2n) is 8.14. The Morgan fingerprint density at radius 1 is 1.22 bits per heavy atom. The molecule has 0 radical (unpaired) electrons. The SMILES string of the molecule is C=c1cc(OC)c(OC(CCC)CCC)c/c1=C(/N=C\C)Nc1ccc(F)c(Cl)c1.CC(=O)CCO. The standard InChI is InChI=1S/C24H30ClFN2O2.C4H8O2/c1-6-9-18(10-7-2)30-23-15-19(16(4)13-22(23)29-5)24(27-8-3)28-17-11-12-21(26)20(25)14-17;1-4(6)2-3-5/h8,11-15,18,28H,4,6-7,9-10H2,1-3,5H3;5H,2-3H2,1H3/b24-19+,27-8-;. The number of aliphatic imine (C=N–C) groups is 1. The number of halogens is 2. The van der Waals surface area contributed by atoms with Gasteiger partial charge < -0.3 is 19.9 Å². The summed E-state index contributed by atoms with van der Waals surface area (Å²) >= 11 is 5.92. The average Bonchev–Trinajstić information content (AvgIpc) is 2.82. The Bertz CT molecular complexity index is 1120. The molecule has 2 N–H and O–H groups in total. The van der Waals surface area contributed by atoms with E-state index in [1.807, 2.05) is 19.1 Å². The zero-order chi connectivity index (χ0) is 27.1. The van der Waals surface area contributed by atoms with Gasteiger partial charge in [0.15, 0.2) is 11.5 Å². The number of rotatable bonds is 12. The predicted molar refractivity (Wildman–Crippen MR) is 147 cm³/mol. The van der Waals surface area contributed by atoms with E-state index in [1.165, 1.54) is 19.1 Å². The molecule has 0 bridgehead atoms.